The third-order valence-electron chi connectivity index (χ3n) is 4.26. The first-order valence-electron chi connectivity index (χ1n) is 8.53. The van der Waals surface area contributed by atoms with Crippen molar-refractivity contribution in [3.05, 3.63) is 61.1 Å². The number of nitrogens with zero attached hydrogens (tertiary/aromatic N) is 5. The van der Waals surface area contributed by atoms with Crippen LogP contribution in [0.5, 0.6) is 5.88 Å². The average molecular weight is 360 g/mol. The lowest BCUT2D eigenvalue weighted by Gasteiger charge is -2.13. The highest BCUT2D eigenvalue weighted by Gasteiger charge is 2.10. The molecule has 0 saturated carbocycles. The SMILES string of the molecule is COc1ccc(Nc2ccn3ncc(-c4cccc(N(C)C)c4)c3n2)cn1. The van der Waals surface area contributed by atoms with Crippen LogP contribution in [0.15, 0.2) is 61.1 Å². The molecule has 0 fully saturated rings. The topological polar surface area (TPSA) is 67.6 Å². The Balaban J connectivity index is 1.69. The molecule has 0 aliphatic heterocycles. The molecule has 0 atom stereocenters. The fourth-order valence-electron chi connectivity index (χ4n) is 2.82. The molecular formula is C20H20N6O. The van der Waals surface area contributed by atoms with Gasteiger partial charge in [-0.2, -0.15) is 5.10 Å². The first-order valence-corrected chi connectivity index (χ1v) is 8.53. The highest BCUT2D eigenvalue weighted by Crippen LogP contribution is 2.27. The minimum Gasteiger partial charge on any atom is -0.481 e. The van der Waals surface area contributed by atoms with Crippen molar-refractivity contribution in [1.82, 2.24) is 19.6 Å². The van der Waals surface area contributed by atoms with Gasteiger partial charge >= 0.3 is 0 Å². The summed E-state index contributed by atoms with van der Waals surface area (Å²) < 4.78 is 6.86. The van der Waals surface area contributed by atoms with Crippen molar-refractivity contribution in [1.29, 1.82) is 0 Å². The number of fused-ring (bicyclic) bond motifs is 1. The van der Waals surface area contributed by atoms with Gasteiger partial charge in [-0.25, -0.2) is 14.5 Å². The van der Waals surface area contributed by atoms with Crippen molar-refractivity contribution in [2.75, 3.05) is 31.4 Å². The van der Waals surface area contributed by atoms with E-state index in [1.54, 1.807) is 23.9 Å². The van der Waals surface area contributed by atoms with Gasteiger partial charge in [0, 0.05) is 37.6 Å². The van der Waals surface area contributed by atoms with Crippen molar-refractivity contribution in [3.8, 4) is 17.0 Å². The van der Waals surface area contributed by atoms with Gasteiger partial charge in [0.1, 0.15) is 5.82 Å². The van der Waals surface area contributed by atoms with Crippen molar-refractivity contribution in [2.24, 2.45) is 0 Å². The Bertz CT molecular complexity index is 1070. The number of aromatic nitrogens is 4. The van der Waals surface area contributed by atoms with E-state index in [0.29, 0.717) is 5.88 Å². The number of benzene rings is 1. The standard InChI is InChI=1S/C20H20N6O/c1-25(2)16-6-4-5-14(11-16)17-13-22-26-10-9-18(24-20(17)26)23-15-7-8-19(27-3)21-12-15/h4-13H,1-3H3,(H,23,24). The van der Waals surface area contributed by atoms with Gasteiger partial charge in [-0.1, -0.05) is 12.1 Å². The second kappa shape index (κ2) is 6.95. The highest BCUT2D eigenvalue weighted by molar-refractivity contribution is 5.80. The number of pyridine rings is 1. The summed E-state index contributed by atoms with van der Waals surface area (Å²) in [5, 5.41) is 7.69. The third kappa shape index (κ3) is 3.39. The van der Waals surface area contributed by atoms with Crippen LogP contribution in [0.3, 0.4) is 0 Å². The fraction of sp³-hybridized carbons (Fsp3) is 0.150. The lowest BCUT2D eigenvalue weighted by atomic mass is 10.1. The van der Waals surface area contributed by atoms with Crippen LogP contribution in [-0.4, -0.2) is 40.8 Å². The zero-order valence-corrected chi connectivity index (χ0v) is 15.4. The first-order chi connectivity index (χ1) is 13.1. The molecule has 0 spiro atoms. The molecule has 3 aromatic heterocycles. The predicted octanol–water partition coefficient (Wildman–Crippen LogP) is 3.61. The van der Waals surface area contributed by atoms with Crippen LogP contribution < -0.4 is 15.0 Å². The largest absolute Gasteiger partial charge is 0.481 e. The molecule has 0 saturated heterocycles. The number of nitrogens with one attached hydrogen (secondary N) is 1. The van der Waals surface area contributed by atoms with Crippen molar-refractivity contribution in [3.63, 3.8) is 0 Å². The Hall–Kier alpha value is -3.61. The summed E-state index contributed by atoms with van der Waals surface area (Å²) in [6.07, 6.45) is 5.44. The zero-order valence-electron chi connectivity index (χ0n) is 15.4. The summed E-state index contributed by atoms with van der Waals surface area (Å²) in [7, 11) is 5.65. The molecule has 1 N–H and O–H groups in total. The summed E-state index contributed by atoms with van der Waals surface area (Å²) in [5.74, 6) is 1.29. The Labute approximate surface area is 157 Å². The van der Waals surface area contributed by atoms with Crippen LogP contribution in [0.2, 0.25) is 0 Å². The number of methoxy groups -OCH3 is 1. The second-order valence-corrected chi connectivity index (χ2v) is 6.30. The molecule has 0 aliphatic rings. The molecule has 4 rings (SSSR count). The maximum Gasteiger partial charge on any atom is 0.213 e. The molecule has 3 heterocycles. The number of hydrogen-bond donors (Lipinski definition) is 1. The monoisotopic (exact) mass is 360 g/mol. The van der Waals surface area contributed by atoms with E-state index in [1.165, 1.54) is 0 Å². The van der Waals surface area contributed by atoms with Crippen LogP contribution in [0.25, 0.3) is 16.8 Å². The lowest BCUT2D eigenvalue weighted by Crippen LogP contribution is -2.08. The van der Waals surface area contributed by atoms with Crippen LogP contribution in [0.1, 0.15) is 0 Å². The minimum atomic E-state index is 0.572. The van der Waals surface area contributed by atoms with E-state index in [4.69, 9.17) is 9.72 Å². The maximum absolute atomic E-state index is 5.09. The molecule has 4 aromatic rings. The summed E-state index contributed by atoms with van der Waals surface area (Å²) in [5.41, 5.74) is 4.81. The first kappa shape index (κ1) is 16.8. The molecule has 7 nitrogen and oxygen atoms in total. The van der Waals surface area contributed by atoms with Crippen LogP contribution in [-0.2, 0) is 0 Å². The van der Waals surface area contributed by atoms with E-state index in [1.807, 2.05) is 44.7 Å². The van der Waals surface area contributed by atoms with Crippen LogP contribution in [0.4, 0.5) is 17.2 Å². The van der Waals surface area contributed by atoms with Crippen molar-refractivity contribution in [2.45, 2.75) is 0 Å². The Morgan fingerprint density at radius 3 is 2.70 bits per heavy atom. The van der Waals surface area contributed by atoms with Crippen molar-refractivity contribution >= 4 is 22.8 Å². The summed E-state index contributed by atoms with van der Waals surface area (Å²) in [4.78, 5) is 11.0. The Morgan fingerprint density at radius 2 is 1.96 bits per heavy atom. The molecule has 0 aliphatic carbocycles. The normalized spacial score (nSPS) is 10.8. The molecule has 0 bridgehead atoms. The summed E-state index contributed by atoms with van der Waals surface area (Å²) >= 11 is 0. The van der Waals surface area contributed by atoms with E-state index < -0.39 is 0 Å². The summed E-state index contributed by atoms with van der Waals surface area (Å²) in [6, 6.07) is 13.9. The van der Waals surface area contributed by atoms with E-state index in [2.05, 4.69) is 38.5 Å². The van der Waals surface area contributed by atoms with E-state index in [0.717, 1.165) is 34.0 Å². The van der Waals surface area contributed by atoms with Crippen molar-refractivity contribution < 1.29 is 4.74 Å². The molecule has 1 aromatic carbocycles. The number of rotatable bonds is 5. The number of ether oxygens (including phenoxy) is 1. The number of anilines is 3. The predicted molar refractivity (Wildman–Crippen MR) is 107 cm³/mol. The minimum absolute atomic E-state index is 0.572. The van der Waals surface area contributed by atoms with Gasteiger partial charge in [-0.15, -0.1) is 0 Å². The lowest BCUT2D eigenvalue weighted by molar-refractivity contribution is 0.398. The smallest absolute Gasteiger partial charge is 0.213 e. The van der Waals surface area contributed by atoms with Gasteiger partial charge in [-0.3, -0.25) is 0 Å². The highest BCUT2D eigenvalue weighted by atomic mass is 16.5. The Morgan fingerprint density at radius 1 is 1.07 bits per heavy atom. The Kier molecular flexibility index (Phi) is 4.33. The van der Waals surface area contributed by atoms with Gasteiger partial charge in [0.2, 0.25) is 5.88 Å². The summed E-state index contributed by atoms with van der Waals surface area (Å²) in [6.45, 7) is 0. The quantitative estimate of drug-likeness (QED) is 0.586. The zero-order chi connectivity index (χ0) is 18.8. The molecular weight excluding hydrogens is 340 g/mol. The van der Waals surface area contributed by atoms with Crippen LogP contribution in [0, 0.1) is 0 Å². The third-order valence-corrected chi connectivity index (χ3v) is 4.26. The van der Waals surface area contributed by atoms with E-state index in [9.17, 15) is 0 Å². The number of hydrogen-bond acceptors (Lipinski definition) is 6. The van der Waals surface area contributed by atoms with Gasteiger partial charge in [-0.05, 0) is 29.8 Å². The molecule has 27 heavy (non-hydrogen) atoms. The second-order valence-electron chi connectivity index (χ2n) is 6.30. The maximum atomic E-state index is 5.09. The average Bonchev–Trinajstić information content (AvgIpc) is 3.12. The molecule has 7 heteroatoms. The molecule has 136 valence electrons. The molecule has 0 radical (unpaired) electrons. The van der Waals surface area contributed by atoms with E-state index >= 15 is 0 Å². The molecule has 0 amide bonds. The van der Waals surface area contributed by atoms with E-state index in [-0.39, 0.29) is 0 Å². The fourth-order valence-corrected chi connectivity index (χ4v) is 2.82. The van der Waals surface area contributed by atoms with Gasteiger partial charge < -0.3 is 15.0 Å². The molecule has 0 unspecified atom stereocenters. The van der Waals surface area contributed by atoms with Gasteiger partial charge in [0.05, 0.1) is 25.2 Å². The van der Waals surface area contributed by atoms with Gasteiger partial charge in [0.25, 0.3) is 0 Å². The van der Waals surface area contributed by atoms with Gasteiger partial charge in [0.15, 0.2) is 5.65 Å². The van der Waals surface area contributed by atoms with Crippen LogP contribution >= 0.6 is 0 Å².